The third kappa shape index (κ3) is 5.20. The first-order chi connectivity index (χ1) is 14.7. The molecule has 3 aromatic rings. The van der Waals surface area contributed by atoms with Gasteiger partial charge in [-0.1, -0.05) is 72.8 Å². The molecule has 1 unspecified atom stereocenters. The molecule has 1 atom stereocenters. The van der Waals surface area contributed by atoms with Gasteiger partial charge in [-0.25, -0.2) is 0 Å². The van der Waals surface area contributed by atoms with Crippen molar-refractivity contribution in [2.45, 2.75) is 38.4 Å². The van der Waals surface area contributed by atoms with E-state index < -0.39 is 5.97 Å². The molecule has 0 heterocycles. The Morgan fingerprint density at radius 1 is 0.833 bits per heavy atom. The van der Waals surface area contributed by atoms with E-state index in [1.807, 2.05) is 78.9 Å². The van der Waals surface area contributed by atoms with Crippen molar-refractivity contribution >= 4 is 5.97 Å². The molecule has 1 N–H and O–H groups in total. The molecule has 0 aromatic heterocycles. The molecule has 30 heavy (non-hydrogen) atoms. The van der Waals surface area contributed by atoms with Gasteiger partial charge in [-0.15, -0.1) is 0 Å². The fraction of sp³-hybridized carbons (Fsp3) is 0.269. The lowest BCUT2D eigenvalue weighted by Crippen LogP contribution is -2.11. The highest BCUT2D eigenvalue weighted by molar-refractivity contribution is 5.69. The fourth-order valence-corrected chi connectivity index (χ4v) is 3.78. The molecule has 3 aromatic carbocycles. The van der Waals surface area contributed by atoms with Gasteiger partial charge in [0.15, 0.2) is 11.5 Å². The molecule has 4 rings (SSSR count). The van der Waals surface area contributed by atoms with Gasteiger partial charge in [0.25, 0.3) is 0 Å². The van der Waals surface area contributed by atoms with Crippen LogP contribution in [0.15, 0.2) is 78.9 Å². The summed E-state index contributed by atoms with van der Waals surface area (Å²) in [6, 6.07) is 25.8. The second kappa shape index (κ2) is 9.49. The van der Waals surface area contributed by atoms with Crippen LogP contribution >= 0.6 is 0 Å². The molecule has 0 spiro atoms. The lowest BCUT2D eigenvalue weighted by atomic mass is 9.90. The topological polar surface area (TPSA) is 55.8 Å². The number of carboxylic acids is 1. The second-order valence-electron chi connectivity index (χ2n) is 7.76. The average molecular weight is 402 g/mol. The van der Waals surface area contributed by atoms with Crippen molar-refractivity contribution in [1.82, 2.24) is 0 Å². The summed E-state index contributed by atoms with van der Waals surface area (Å²) in [5, 5.41) is 9.47. The Bertz CT molecular complexity index is 965. The lowest BCUT2D eigenvalue weighted by Gasteiger charge is -2.22. The smallest absolute Gasteiger partial charge is 0.303 e. The summed E-state index contributed by atoms with van der Waals surface area (Å²) in [7, 11) is 0. The van der Waals surface area contributed by atoms with E-state index in [2.05, 4.69) is 0 Å². The molecule has 4 heteroatoms. The summed E-state index contributed by atoms with van der Waals surface area (Å²) in [5.74, 6) is 0.869. The maximum Gasteiger partial charge on any atom is 0.303 e. The summed E-state index contributed by atoms with van der Waals surface area (Å²) in [4.78, 5) is 11.5. The molecule has 0 amide bonds. The molecule has 0 aliphatic heterocycles. The quantitative estimate of drug-likeness (QED) is 0.465. The predicted octanol–water partition coefficient (Wildman–Crippen LogP) is 5.81. The van der Waals surface area contributed by atoms with Crippen LogP contribution in [-0.4, -0.2) is 11.1 Å². The van der Waals surface area contributed by atoms with E-state index in [-0.39, 0.29) is 12.3 Å². The van der Waals surface area contributed by atoms with E-state index in [9.17, 15) is 9.90 Å². The van der Waals surface area contributed by atoms with Crippen LogP contribution in [0, 0.1) is 5.92 Å². The number of hydrogen-bond donors (Lipinski definition) is 1. The number of rotatable bonds is 10. The summed E-state index contributed by atoms with van der Waals surface area (Å²) in [6.07, 6.45) is 2.23. The average Bonchev–Trinajstić information content (AvgIpc) is 3.61. The SMILES string of the molecule is O=C(O)CC(c1cccc(OCc2ccccc2)c1OCc1ccccc1)C1CC1. The Hall–Kier alpha value is -3.27. The van der Waals surface area contributed by atoms with Gasteiger partial charge in [0.2, 0.25) is 0 Å². The standard InChI is InChI=1S/C26H26O4/c27-25(28)16-23(21-14-15-21)22-12-7-13-24(29-17-19-8-3-1-4-9-19)26(22)30-18-20-10-5-2-6-11-20/h1-13,21,23H,14-18H2,(H,27,28). The van der Waals surface area contributed by atoms with Crippen molar-refractivity contribution in [3.8, 4) is 11.5 Å². The van der Waals surface area contributed by atoms with Gasteiger partial charge in [0.05, 0.1) is 6.42 Å². The summed E-state index contributed by atoms with van der Waals surface area (Å²) in [6.45, 7) is 0.836. The zero-order valence-corrected chi connectivity index (χ0v) is 16.9. The van der Waals surface area contributed by atoms with Crippen LogP contribution in [0.1, 0.15) is 41.9 Å². The Balaban J connectivity index is 1.62. The molecule has 154 valence electrons. The van der Waals surface area contributed by atoms with Crippen molar-refractivity contribution in [2.75, 3.05) is 0 Å². The van der Waals surface area contributed by atoms with Crippen LogP contribution in [0.4, 0.5) is 0 Å². The number of ether oxygens (including phenoxy) is 2. The first-order valence-corrected chi connectivity index (χ1v) is 10.4. The third-order valence-corrected chi connectivity index (χ3v) is 5.46. The zero-order chi connectivity index (χ0) is 20.8. The van der Waals surface area contributed by atoms with Crippen LogP contribution < -0.4 is 9.47 Å². The minimum Gasteiger partial charge on any atom is -0.485 e. The molecule has 0 bridgehead atoms. The number of aliphatic carboxylic acids is 1. The normalized spacial score (nSPS) is 14.1. The van der Waals surface area contributed by atoms with Crippen molar-refractivity contribution in [2.24, 2.45) is 5.92 Å². The van der Waals surface area contributed by atoms with E-state index in [4.69, 9.17) is 9.47 Å². The third-order valence-electron chi connectivity index (χ3n) is 5.46. The highest BCUT2D eigenvalue weighted by Gasteiger charge is 2.36. The van der Waals surface area contributed by atoms with Gasteiger partial charge >= 0.3 is 5.97 Å². The minimum atomic E-state index is -0.781. The van der Waals surface area contributed by atoms with E-state index in [0.29, 0.717) is 30.6 Å². The monoisotopic (exact) mass is 402 g/mol. The minimum absolute atomic E-state index is 0.0615. The van der Waals surface area contributed by atoms with Gasteiger partial charge in [0.1, 0.15) is 13.2 Å². The molecule has 0 radical (unpaired) electrons. The zero-order valence-electron chi connectivity index (χ0n) is 16.9. The first-order valence-electron chi connectivity index (χ1n) is 10.4. The number of carboxylic acid groups (broad SMARTS) is 1. The maximum atomic E-state index is 11.5. The Kier molecular flexibility index (Phi) is 6.33. The Morgan fingerprint density at radius 2 is 1.43 bits per heavy atom. The van der Waals surface area contributed by atoms with Crippen LogP contribution in [0.2, 0.25) is 0 Å². The van der Waals surface area contributed by atoms with E-state index in [0.717, 1.165) is 29.5 Å². The molecule has 1 aliphatic rings. The van der Waals surface area contributed by atoms with Gasteiger partial charge in [-0.05, 0) is 36.0 Å². The number of benzene rings is 3. The predicted molar refractivity (Wildman–Crippen MR) is 116 cm³/mol. The highest BCUT2D eigenvalue weighted by Crippen LogP contribution is 2.49. The fourth-order valence-electron chi connectivity index (χ4n) is 3.78. The van der Waals surface area contributed by atoms with E-state index in [1.165, 1.54) is 0 Å². The van der Waals surface area contributed by atoms with Crippen molar-refractivity contribution in [3.05, 3.63) is 95.6 Å². The van der Waals surface area contributed by atoms with Crippen LogP contribution in [0.3, 0.4) is 0 Å². The largest absolute Gasteiger partial charge is 0.485 e. The van der Waals surface area contributed by atoms with Crippen LogP contribution in [0.25, 0.3) is 0 Å². The van der Waals surface area contributed by atoms with Gasteiger partial charge < -0.3 is 14.6 Å². The van der Waals surface area contributed by atoms with Crippen molar-refractivity contribution in [1.29, 1.82) is 0 Å². The second-order valence-corrected chi connectivity index (χ2v) is 7.76. The molecular formula is C26H26O4. The van der Waals surface area contributed by atoms with E-state index >= 15 is 0 Å². The molecule has 1 saturated carbocycles. The highest BCUT2D eigenvalue weighted by atomic mass is 16.5. The molecule has 4 nitrogen and oxygen atoms in total. The lowest BCUT2D eigenvalue weighted by molar-refractivity contribution is -0.137. The van der Waals surface area contributed by atoms with Crippen LogP contribution in [0.5, 0.6) is 11.5 Å². The number of carbonyl (C=O) groups is 1. The molecular weight excluding hydrogens is 376 g/mol. The molecule has 1 aliphatic carbocycles. The molecule has 1 fully saturated rings. The first kappa shape index (κ1) is 20.0. The summed E-state index contributed by atoms with van der Waals surface area (Å²) < 4.78 is 12.4. The van der Waals surface area contributed by atoms with Gasteiger partial charge in [-0.3, -0.25) is 4.79 Å². The number of hydrogen-bond acceptors (Lipinski definition) is 3. The van der Waals surface area contributed by atoms with Crippen LogP contribution in [-0.2, 0) is 18.0 Å². The number of para-hydroxylation sites is 1. The van der Waals surface area contributed by atoms with Crippen molar-refractivity contribution < 1.29 is 19.4 Å². The Labute approximate surface area is 177 Å². The molecule has 0 saturated heterocycles. The van der Waals surface area contributed by atoms with E-state index in [1.54, 1.807) is 0 Å². The maximum absolute atomic E-state index is 11.5. The van der Waals surface area contributed by atoms with Gasteiger partial charge in [-0.2, -0.15) is 0 Å². The van der Waals surface area contributed by atoms with Gasteiger partial charge in [0, 0.05) is 11.5 Å². The Morgan fingerprint density at radius 3 is 2.00 bits per heavy atom. The summed E-state index contributed by atoms with van der Waals surface area (Å²) >= 11 is 0. The summed E-state index contributed by atoms with van der Waals surface area (Å²) in [5.41, 5.74) is 3.06. The van der Waals surface area contributed by atoms with Crippen molar-refractivity contribution in [3.63, 3.8) is 0 Å².